The van der Waals surface area contributed by atoms with E-state index in [2.05, 4.69) is 52.1 Å². The SMILES string of the molecule is O=c1[nH]c(NC2CCCCCC2)c(-c2cc(Br)cc(Br)c2)n1-c1ccc2nc[nH]c2c1. The van der Waals surface area contributed by atoms with Crippen LogP contribution in [0.5, 0.6) is 0 Å². The Morgan fingerprint density at radius 1 is 1.00 bits per heavy atom. The van der Waals surface area contributed by atoms with Crippen molar-refractivity contribution in [3.05, 3.63) is 62.2 Å². The number of H-pyrrole nitrogens is 2. The maximum Gasteiger partial charge on any atom is 0.332 e. The van der Waals surface area contributed by atoms with Gasteiger partial charge in [0, 0.05) is 20.6 Å². The molecule has 160 valence electrons. The average molecular weight is 545 g/mol. The van der Waals surface area contributed by atoms with Crippen molar-refractivity contribution in [2.45, 2.75) is 44.6 Å². The van der Waals surface area contributed by atoms with Gasteiger partial charge in [-0.15, -0.1) is 0 Å². The molecule has 31 heavy (non-hydrogen) atoms. The smallest absolute Gasteiger partial charge is 0.332 e. The maximum atomic E-state index is 13.2. The number of imidazole rings is 2. The molecule has 5 rings (SSSR count). The van der Waals surface area contributed by atoms with E-state index >= 15 is 0 Å². The molecular formula is C23H23Br2N5O. The zero-order valence-electron chi connectivity index (χ0n) is 16.9. The maximum absolute atomic E-state index is 13.2. The third-order valence-electron chi connectivity index (χ3n) is 5.90. The summed E-state index contributed by atoms with van der Waals surface area (Å²) in [6.07, 6.45) is 8.91. The minimum absolute atomic E-state index is 0.166. The van der Waals surface area contributed by atoms with Crippen LogP contribution in [0.15, 0.2) is 56.5 Å². The minimum Gasteiger partial charge on any atom is -0.367 e. The molecule has 0 aliphatic heterocycles. The van der Waals surface area contributed by atoms with Gasteiger partial charge >= 0.3 is 5.69 Å². The molecule has 4 aromatic rings. The summed E-state index contributed by atoms with van der Waals surface area (Å²) in [5.41, 5.74) is 4.16. The van der Waals surface area contributed by atoms with Crippen LogP contribution < -0.4 is 11.0 Å². The van der Waals surface area contributed by atoms with Crippen molar-refractivity contribution in [2.24, 2.45) is 0 Å². The van der Waals surface area contributed by atoms with Crippen molar-refractivity contribution in [2.75, 3.05) is 5.32 Å². The molecule has 1 aliphatic rings. The number of nitrogens with zero attached hydrogens (tertiary/aromatic N) is 2. The van der Waals surface area contributed by atoms with E-state index in [0.29, 0.717) is 6.04 Å². The van der Waals surface area contributed by atoms with Crippen molar-refractivity contribution < 1.29 is 0 Å². The molecule has 0 unspecified atom stereocenters. The highest BCUT2D eigenvalue weighted by Crippen LogP contribution is 2.34. The highest BCUT2D eigenvalue weighted by Gasteiger charge is 2.22. The Morgan fingerprint density at radius 3 is 2.48 bits per heavy atom. The Balaban J connectivity index is 1.67. The molecule has 1 aliphatic carbocycles. The number of nitrogens with one attached hydrogen (secondary N) is 3. The second kappa shape index (κ2) is 8.67. The molecule has 0 atom stereocenters. The monoisotopic (exact) mass is 543 g/mol. The Labute approximate surface area is 196 Å². The van der Waals surface area contributed by atoms with Crippen LogP contribution in [0.25, 0.3) is 28.0 Å². The highest BCUT2D eigenvalue weighted by molar-refractivity contribution is 9.11. The second-order valence-corrected chi connectivity index (χ2v) is 9.92. The van der Waals surface area contributed by atoms with E-state index in [0.717, 1.165) is 55.6 Å². The van der Waals surface area contributed by atoms with Crippen LogP contribution in [0, 0.1) is 0 Å². The minimum atomic E-state index is -0.166. The van der Waals surface area contributed by atoms with Gasteiger partial charge in [-0.25, -0.2) is 9.78 Å². The topological polar surface area (TPSA) is 78.5 Å². The zero-order chi connectivity index (χ0) is 21.4. The van der Waals surface area contributed by atoms with Crippen molar-refractivity contribution in [1.29, 1.82) is 0 Å². The number of anilines is 1. The van der Waals surface area contributed by atoms with Crippen molar-refractivity contribution in [3.8, 4) is 16.9 Å². The quantitative estimate of drug-likeness (QED) is 0.261. The highest BCUT2D eigenvalue weighted by atomic mass is 79.9. The van der Waals surface area contributed by atoms with Gasteiger partial charge in [0.05, 0.1) is 28.7 Å². The lowest BCUT2D eigenvalue weighted by atomic mass is 10.1. The molecule has 3 N–H and O–H groups in total. The summed E-state index contributed by atoms with van der Waals surface area (Å²) >= 11 is 7.19. The first kappa shape index (κ1) is 20.6. The molecule has 0 bridgehead atoms. The summed E-state index contributed by atoms with van der Waals surface area (Å²) < 4.78 is 3.64. The van der Waals surface area contributed by atoms with Gasteiger partial charge < -0.3 is 10.3 Å². The number of benzene rings is 2. The summed E-state index contributed by atoms with van der Waals surface area (Å²) in [5.74, 6) is 0.770. The Morgan fingerprint density at radius 2 is 1.74 bits per heavy atom. The van der Waals surface area contributed by atoms with Gasteiger partial charge in [0.2, 0.25) is 0 Å². The molecule has 0 radical (unpaired) electrons. The lowest BCUT2D eigenvalue weighted by molar-refractivity contribution is 0.618. The molecule has 2 aromatic heterocycles. The number of aromatic amines is 2. The van der Waals surface area contributed by atoms with E-state index in [-0.39, 0.29) is 5.69 Å². The van der Waals surface area contributed by atoms with E-state index in [9.17, 15) is 4.79 Å². The van der Waals surface area contributed by atoms with E-state index in [1.54, 1.807) is 10.9 Å². The van der Waals surface area contributed by atoms with Gasteiger partial charge in [-0.1, -0.05) is 57.5 Å². The fourth-order valence-electron chi connectivity index (χ4n) is 4.44. The number of fused-ring (bicyclic) bond motifs is 1. The van der Waals surface area contributed by atoms with Crippen molar-refractivity contribution in [3.63, 3.8) is 0 Å². The van der Waals surface area contributed by atoms with Gasteiger partial charge in [-0.2, -0.15) is 0 Å². The summed E-state index contributed by atoms with van der Waals surface area (Å²) in [5, 5.41) is 3.66. The van der Waals surface area contributed by atoms with Crippen LogP contribution in [0.2, 0.25) is 0 Å². The van der Waals surface area contributed by atoms with Gasteiger partial charge in [0.15, 0.2) is 0 Å². The number of rotatable bonds is 4. The normalized spacial score (nSPS) is 15.3. The van der Waals surface area contributed by atoms with Crippen LogP contribution in [-0.2, 0) is 0 Å². The summed E-state index contributed by atoms with van der Waals surface area (Å²) in [7, 11) is 0. The Kier molecular flexibility index (Phi) is 5.75. The third-order valence-corrected chi connectivity index (χ3v) is 6.81. The van der Waals surface area contributed by atoms with E-state index in [1.165, 1.54) is 25.7 Å². The van der Waals surface area contributed by atoms with Crippen molar-refractivity contribution in [1.82, 2.24) is 19.5 Å². The molecule has 1 fully saturated rings. The number of halogens is 2. The molecule has 0 saturated heterocycles. The van der Waals surface area contributed by atoms with Gasteiger partial charge in [-0.3, -0.25) is 9.55 Å². The first-order valence-corrected chi connectivity index (χ1v) is 12.2. The van der Waals surface area contributed by atoms with Gasteiger partial charge in [0.1, 0.15) is 5.82 Å². The molecule has 8 heteroatoms. The number of aromatic nitrogens is 4. The molecule has 1 saturated carbocycles. The van der Waals surface area contributed by atoms with Crippen LogP contribution in [0.1, 0.15) is 38.5 Å². The molecule has 2 heterocycles. The Hall–Kier alpha value is -2.32. The second-order valence-electron chi connectivity index (χ2n) is 8.08. The molecule has 6 nitrogen and oxygen atoms in total. The fraction of sp³-hybridized carbons (Fsp3) is 0.304. The predicted octanol–water partition coefficient (Wildman–Crippen LogP) is 6.37. The summed E-state index contributed by atoms with van der Waals surface area (Å²) in [6.45, 7) is 0. The zero-order valence-corrected chi connectivity index (χ0v) is 20.1. The largest absolute Gasteiger partial charge is 0.367 e. The summed E-state index contributed by atoms with van der Waals surface area (Å²) in [4.78, 5) is 23.7. The van der Waals surface area contributed by atoms with Gasteiger partial charge in [0.25, 0.3) is 0 Å². The molecule has 2 aromatic carbocycles. The van der Waals surface area contributed by atoms with Crippen molar-refractivity contribution >= 4 is 48.7 Å². The molecule has 0 spiro atoms. The number of hydrogen-bond donors (Lipinski definition) is 3. The van der Waals surface area contributed by atoms with E-state index < -0.39 is 0 Å². The fourth-order valence-corrected chi connectivity index (χ4v) is 5.73. The van der Waals surface area contributed by atoms with E-state index in [1.807, 2.05) is 36.4 Å². The number of hydrogen-bond acceptors (Lipinski definition) is 3. The van der Waals surface area contributed by atoms with Gasteiger partial charge in [-0.05, 0) is 49.2 Å². The lowest BCUT2D eigenvalue weighted by Crippen LogP contribution is -2.19. The predicted molar refractivity (Wildman–Crippen MR) is 132 cm³/mol. The van der Waals surface area contributed by atoms with Crippen LogP contribution in [0.4, 0.5) is 5.82 Å². The summed E-state index contributed by atoms with van der Waals surface area (Å²) in [6, 6.07) is 12.3. The first-order chi connectivity index (χ1) is 15.1. The van der Waals surface area contributed by atoms with Crippen LogP contribution in [0.3, 0.4) is 0 Å². The first-order valence-electron chi connectivity index (χ1n) is 10.6. The molecule has 0 amide bonds. The lowest BCUT2D eigenvalue weighted by Gasteiger charge is -2.18. The standard InChI is InChI=1S/C23H23Br2N5O/c24-15-9-14(10-16(25)11-15)21-22(28-17-5-3-1-2-4-6-17)29-23(31)30(21)18-7-8-19-20(12-18)27-13-26-19/h7-13,17,28H,1-6H2,(H,26,27)(H,29,31). The average Bonchev–Trinajstić information content (AvgIpc) is 3.22. The Bertz CT molecular complexity index is 1260. The third kappa shape index (κ3) is 4.23. The van der Waals surface area contributed by atoms with Crippen LogP contribution in [-0.4, -0.2) is 25.6 Å². The van der Waals surface area contributed by atoms with E-state index in [4.69, 9.17) is 0 Å². The molecular weight excluding hydrogens is 522 g/mol. The van der Waals surface area contributed by atoms with Crippen LogP contribution >= 0.6 is 31.9 Å².